The summed E-state index contributed by atoms with van der Waals surface area (Å²) in [5.41, 5.74) is 4.03. The number of esters is 1. The molecule has 3 heterocycles. The number of hydrogen-bond donors (Lipinski definition) is 4. The fraction of sp³-hybridized carbons (Fsp3) is 0.464. The zero-order valence-corrected chi connectivity index (χ0v) is 24.7. The van der Waals surface area contributed by atoms with Crippen LogP contribution in [-0.4, -0.2) is 67.3 Å². The van der Waals surface area contributed by atoms with Crippen molar-refractivity contribution < 1.29 is 38.1 Å². The predicted octanol–water partition coefficient (Wildman–Crippen LogP) is 2.80. The third-order valence-electron chi connectivity index (χ3n) is 6.54. The number of terminal acetylenes is 1. The van der Waals surface area contributed by atoms with Crippen molar-refractivity contribution >= 4 is 30.6 Å². The third-order valence-corrected chi connectivity index (χ3v) is 8.11. The van der Waals surface area contributed by atoms with Gasteiger partial charge in [-0.3, -0.25) is 9.32 Å². The van der Waals surface area contributed by atoms with Gasteiger partial charge in [0.1, 0.15) is 41.8 Å². The summed E-state index contributed by atoms with van der Waals surface area (Å²) in [4.78, 5) is 21.1. The summed E-state index contributed by atoms with van der Waals surface area (Å²) >= 11 is 0. The fourth-order valence-corrected chi connectivity index (χ4v) is 6.09. The van der Waals surface area contributed by atoms with Crippen molar-refractivity contribution in [3.05, 3.63) is 48.9 Å². The van der Waals surface area contributed by atoms with Gasteiger partial charge >= 0.3 is 13.7 Å². The Bertz CT molecular complexity index is 1480. The first-order valence-corrected chi connectivity index (χ1v) is 15.0. The van der Waals surface area contributed by atoms with E-state index in [0.717, 1.165) is 0 Å². The van der Waals surface area contributed by atoms with E-state index in [1.807, 2.05) is 13.8 Å². The predicted molar refractivity (Wildman–Crippen MR) is 154 cm³/mol. The van der Waals surface area contributed by atoms with Crippen molar-refractivity contribution in [1.82, 2.24) is 19.6 Å². The molecule has 3 aromatic rings. The van der Waals surface area contributed by atoms with Crippen LogP contribution in [0.3, 0.4) is 0 Å². The molecule has 2 aromatic heterocycles. The number of aromatic nitrogens is 3. The molecule has 0 radical (unpaired) electrons. The second-order valence-electron chi connectivity index (χ2n) is 10.7. The van der Waals surface area contributed by atoms with E-state index in [-0.39, 0.29) is 23.9 Å². The highest BCUT2D eigenvalue weighted by atomic mass is 31.2. The molecule has 5 N–H and O–H groups in total. The SMILES string of the molecule is C#C[C@@]1(O)[C@H](O)[C@@H](COP(=O)(N[C@H](CC(C)C)C(=O)OC(C)C)Oc2ccccc2)O[C@H]1n1ccc2c(N)ncnc21. The molecule has 0 aliphatic carbocycles. The van der Waals surface area contributed by atoms with Gasteiger partial charge in [-0.25, -0.2) is 14.5 Å². The van der Waals surface area contributed by atoms with E-state index in [2.05, 4.69) is 21.0 Å². The van der Waals surface area contributed by atoms with Crippen molar-refractivity contribution in [2.24, 2.45) is 5.92 Å². The first-order chi connectivity index (χ1) is 19.9. The van der Waals surface area contributed by atoms with Gasteiger partial charge in [0.15, 0.2) is 11.8 Å². The number of para-hydroxylation sites is 1. The number of ether oxygens (including phenoxy) is 2. The van der Waals surface area contributed by atoms with Gasteiger partial charge in [0.25, 0.3) is 0 Å². The lowest BCUT2D eigenvalue weighted by Crippen LogP contribution is -2.46. The van der Waals surface area contributed by atoms with Gasteiger partial charge in [-0.05, 0) is 44.4 Å². The Hall–Kier alpha value is -3.50. The topological polar surface area (TPSA) is 180 Å². The molecule has 1 aliphatic rings. The van der Waals surface area contributed by atoms with Gasteiger partial charge in [0.2, 0.25) is 0 Å². The van der Waals surface area contributed by atoms with Crippen LogP contribution in [0.5, 0.6) is 5.75 Å². The molecule has 0 amide bonds. The van der Waals surface area contributed by atoms with Gasteiger partial charge in [0.05, 0.1) is 18.1 Å². The van der Waals surface area contributed by atoms with E-state index >= 15 is 0 Å². The maximum absolute atomic E-state index is 14.1. The lowest BCUT2D eigenvalue weighted by atomic mass is 9.95. The second-order valence-corrected chi connectivity index (χ2v) is 12.3. The molecule has 1 saturated heterocycles. The van der Waals surface area contributed by atoms with Gasteiger partial charge in [0, 0.05) is 6.20 Å². The first kappa shape index (κ1) is 31.4. The summed E-state index contributed by atoms with van der Waals surface area (Å²) in [6.45, 7) is 6.67. The molecule has 1 aliphatic heterocycles. The molecular formula is C28H36N5O8P. The van der Waals surface area contributed by atoms with E-state index < -0.39 is 56.5 Å². The molecule has 0 bridgehead atoms. The van der Waals surface area contributed by atoms with Crippen LogP contribution in [0.25, 0.3) is 11.0 Å². The molecule has 6 atom stereocenters. The minimum Gasteiger partial charge on any atom is -0.462 e. The Morgan fingerprint density at radius 2 is 1.98 bits per heavy atom. The molecule has 14 heteroatoms. The Kier molecular flexibility index (Phi) is 9.57. The summed E-state index contributed by atoms with van der Waals surface area (Å²) in [6.07, 6.45) is 4.06. The zero-order chi connectivity index (χ0) is 30.7. The molecule has 1 unspecified atom stereocenters. The Morgan fingerprint density at radius 1 is 1.26 bits per heavy atom. The van der Waals surface area contributed by atoms with E-state index in [1.165, 1.54) is 10.9 Å². The molecule has 4 rings (SSSR count). The number of rotatable bonds is 12. The summed E-state index contributed by atoms with van der Waals surface area (Å²) in [5, 5.41) is 25.6. The van der Waals surface area contributed by atoms with Crippen LogP contribution >= 0.6 is 7.75 Å². The molecule has 42 heavy (non-hydrogen) atoms. The Morgan fingerprint density at radius 3 is 2.62 bits per heavy atom. The normalized spacial score (nSPS) is 24.4. The number of fused-ring (bicyclic) bond motifs is 1. The molecule has 0 saturated carbocycles. The van der Waals surface area contributed by atoms with Crippen LogP contribution in [0.4, 0.5) is 5.82 Å². The average Bonchev–Trinajstić information content (AvgIpc) is 3.47. The van der Waals surface area contributed by atoms with Gasteiger partial charge < -0.3 is 34.5 Å². The highest BCUT2D eigenvalue weighted by Gasteiger charge is 2.56. The molecule has 226 valence electrons. The minimum atomic E-state index is -4.32. The minimum absolute atomic E-state index is 0.0213. The average molecular weight is 602 g/mol. The van der Waals surface area contributed by atoms with Crippen LogP contribution in [0, 0.1) is 18.3 Å². The lowest BCUT2D eigenvalue weighted by molar-refractivity contribution is -0.150. The zero-order valence-electron chi connectivity index (χ0n) is 23.8. The number of carbonyl (C=O) groups excluding carboxylic acids is 1. The van der Waals surface area contributed by atoms with Crippen molar-refractivity contribution in [3.8, 4) is 18.1 Å². The van der Waals surface area contributed by atoms with Crippen LogP contribution in [0.15, 0.2) is 48.9 Å². The number of nitrogen functional groups attached to an aromatic ring is 1. The molecule has 13 nitrogen and oxygen atoms in total. The number of carbonyl (C=O) groups is 1. The molecule has 1 aromatic carbocycles. The van der Waals surface area contributed by atoms with Crippen molar-refractivity contribution in [2.75, 3.05) is 12.3 Å². The highest BCUT2D eigenvalue weighted by molar-refractivity contribution is 7.52. The number of benzene rings is 1. The summed E-state index contributed by atoms with van der Waals surface area (Å²) < 4.78 is 38.4. The maximum Gasteiger partial charge on any atom is 0.459 e. The summed E-state index contributed by atoms with van der Waals surface area (Å²) in [5.74, 6) is 2.02. The Balaban J connectivity index is 1.61. The molecular weight excluding hydrogens is 565 g/mol. The third kappa shape index (κ3) is 6.76. The molecule has 0 spiro atoms. The number of nitrogens with zero attached hydrogens (tertiary/aromatic N) is 3. The largest absolute Gasteiger partial charge is 0.462 e. The van der Waals surface area contributed by atoms with Crippen LogP contribution in [-0.2, 0) is 23.4 Å². The van der Waals surface area contributed by atoms with Crippen LogP contribution in [0.2, 0.25) is 0 Å². The number of hydrogen-bond acceptors (Lipinski definition) is 11. The number of nitrogens with one attached hydrogen (secondary N) is 1. The summed E-state index contributed by atoms with van der Waals surface area (Å²) in [7, 11) is -4.32. The van der Waals surface area contributed by atoms with Gasteiger partial charge in [-0.1, -0.05) is 38.0 Å². The number of aliphatic hydroxyl groups excluding tert-OH is 1. The van der Waals surface area contributed by atoms with Crippen molar-refractivity contribution in [1.29, 1.82) is 0 Å². The number of aliphatic hydroxyl groups is 2. The van der Waals surface area contributed by atoms with E-state index in [0.29, 0.717) is 11.0 Å². The van der Waals surface area contributed by atoms with Crippen molar-refractivity contribution in [3.63, 3.8) is 0 Å². The van der Waals surface area contributed by atoms with E-state index in [9.17, 15) is 19.6 Å². The maximum atomic E-state index is 14.1. The number of nitrogens with two attached hydrogens (primary N) is 1. The van der Waals surface area contributed by atoms with Gasteiger partial charge in [-0.15, -0.1) is 6.42 Å². The van der Waals surface area contributed by atoms with Gasteiger partial charge in [-0.2, -0.15) is 5.09 Å². The first-order valence-electron chi connectivity index (χ1n) is 13.4. The van der Waals surface area contributed by atoms with Crippen LogP contribution in [0.1, 0.15) is 40.3 Å². The fourth-order valence-electron chi connectivity index (χ4n) is 4.58. The quantitative estimate of drug-likeness (QED) is 0.136. The van der Waals surface area contributed by atoms with Crippen molar-refractivity contribution in [2.45, 2.75) is 70.3 Å². The smallest absolute Gasteiger partial charge is 0.459 e. The lowest BCUT2D eigenvalue weighted by Gasteiger charge is -2.27. The second kappa shape index (κ2) is 12.8. The summed E-state index contributed by atoms with van der Waals surface area (Å²) in [6, 6.07) is 8.83. The number of anilines is 1. The van der Waals surface area contributed by atoms with E-state index in [1.54, 1.807) is 56.4 Å². The standard InChI is InChI=1S/C28H36N5O8P/c1-6-28(36)23(34)22(40-27(28)33-13-12-20-24(29)30-16-31-25(20)33)15-38-42(37,41-19-10-8-7-9-11-19)32-21(14-17(2)3)26(35)39-18(4)5/h1,7-13,16-18,21-23,27,34,36H,14-15H2,2-5H3,(H,32,37)(H2,29,30,31)/t21-,22-,23-,27-,28-,42?/m1/s1. The monoisotopic (exact) mass is 601 g/mol. The Labute approximate surface area is 243 Å². The van der Waals surface area contributed by atoms with E-state index in [4.69, 9.17) is 30.7 Å². The van der Waals surface area contributed by atoms with Crippen LogP contribution < -0.4 is 15.3 Å². The molecule has 1 fully saturated rings. The highest BCUT2D eigenvalue weighted by Crippen LogP contribution is 2.47.